The van der Waals surface area contributed by atoms with Gasteiger partial charge in [0.2, 0.25) is 5.91 Å². The number of amides is 1. The zero-order valence-electron chi connectivity index (χ0n) is 23.8. The second-order valence-electron chi connectivity index (χ2n) is 12.2. The van der Waals surface area contributed by atoms with Crippen LogP contribution in [0.4, 0.5) is 0 Å². The van der Waals surface area contributed by atoms with Gasteiger partial charge in [-0.05, 0) is 56.5 Å². The number of nitrogens with one attached hydrogen (secondary N) is 1. The lowest BCUT2D eigenvalue weighted by atomic mass is 9.79. The molecular weight excluding hydrogens is 506 g/mol. The molecule has 0 unspecified atom stereocenters. The maximum Gasteiger partial charge on any atom is 0.227 e. The van der Waals surface area contributed by atoms with E-state index in [1.54, 1.807) is 0 Å². The molecule has 1 aromatic heterocycles. The van der Waals surface area contributed by atoms with Crippen molar-refractivity contribution >= 4 is 17.5 Å². The highest BCUT2D eigenvalue weighted by atomic mass is 35.5. The Hall–Kier alpha value is -1.99. The van der Waals surface area contributed by atoms with Crippen LogP contribution in [0.1, 0.15) is 63.1 Å². The molecule has 3 heterocycles. The lowest BCUT2D eigenvalue weighted by molar-refractivity contribution is -0.138. The van der Waals surface area contributed by atoms with Gasteiger partial charge in [-0.25, -0.2) is 0 Å². The first kappa shape index (κ1) is 28.5. The van der Waals surface area contributed by atoms with Gasteiger partial charge >= 0.3 is 0 Å². The predicted octanol–water partition coefficient (Wildman–Crippen LogP) is 4.84. The van der Waals surface area contributed by atoms with Gasteiger partial charge in [-0.15, -0.1) is 0 Å². The molecule has 39 heavy (non-hydrogen) atoms. The molecule has 1 aliphatic carbocycles. The van der Waals surface area contributed by atoms with Gasteiger partial charge in [0.15, 0.2) is 0 Å². The van der Waals surface area contributed by atoms with Crippen molar-refractivity contribution in [3.05, 3.63) is 64.9 Å². The maximum absolute atomic E-state index is 14.0. The Morgan fingerprint density at radius 3 is 2.44 bits per heavy atom. The molecule has 5 rings (SSSR count). The molecule has 7 heteroatoms. The van der Waals surface area contributed by atoms with Crippen LogP contribution in [0.15, 0.2) is 48.7 Å². The summed E-state index contributed by atoms with van der Waals surface area (Å²) in [6.45, 7) is 11.8. The molecule has 6 nitrogen and oxygen atoms in total. The lowest BCUT2D eigenvalue weighted by Gasteiger charge is -2.50. The summed E-state index contributed by atoms with van der Waals surface area (Å²) < 4.78 is 0. The first-order chi connectivity index (χ1) is 18.9. The van der Waals surface area contributed by atoms with Crippen molar-refractivity contribution in [3.63, 3.8) is 0 Å². The van der Waals surface area contributed by atoms with Crippen LogP contribution < -0.4 is 5.32 Å². The minimum Gasteiger partial charge on any atom is -0.340 e. The van der Waals surface area contributed by atoms with Gasteiger partial charge in [0, 0.05) is 93.2 Å². The number of hydrogen-bond acceptors (Lipinski definition) is 5. The maximum atomic E-state index is 14.0. The van der Waals surface area contributed by atoms with E-state index in [9.17, 15) is 4.79 Å². The summed E-state index contributed by atoms with van der Waals surface area (Å²) in [6.07, 6.45) is 9.29. The van der Waals surface area contributed by atoms with Crippen LogP contribution in [0.2, 0.25) is 5.02 Å². The molecule has 2 atom stereocenters. The van der Waals surface area contributed by atoms with E-state index in [2.05, 4.69) is 63.1 Å². The van der Waals surface area contributed by atoms with Crippen LogP contribution in [0.25, 0.3) is 0 Å². The minimum absolute atomic E-state index is 0.0111. The molecule has 2 aromatic rings. The predicted molar refractivity (Wildman–Crippen MR) is 159 cm³/mol. The molecule has 2 aliphatic heterocycles. The minimum atomic E-state index is 0.0111. The summed E-state index contributed by atoms with van der Waals surface area (Å²) in [7, 11) is 0. The first-order valence-corrected chi connectivity index (χ1v) is 15.5. The SMILES string of the molecule is CC(C)N1C[C@H](C(=O)N2CCN(C3(CNCCc4ccccn4)CCCCC3)CC2)[C@@H](c2ccc(Cl)cc2)C1. The smallest absolute Gasteiger partial charge is 0.227 e. The van der Waals surface area contributed by atoms with E-state index in [0.29, 0.717) is 11.9 Å². The van der Waals surface area contributed by atoms with Crippen molar-refractivity contribution in [1.29, 1.82) is 0 Å². The van der Waals surface area contributed by atoms with Crippen LogP contribution in [0.5, 0.6) is 0 Å². The van der Waals surface area contributed by atoms with Crippen molar-refractivity contribution in [2.24, 2.45) is 5.92 Å². The highest BCUT2D eigenvalue weighted by Crippen LogP contribution is 2.37. The van der Waals surface area contributed by atoms with Crippen LogP contribution in [0, 0.1) is 5.92 Å². The van der Waals surface area contributed by atoms with E-state index in [-0.39, 0.29) is 17.4 Å². The van der Waals surface area contributed by atoms with Crippen molar-refractivity contribution in [1.82, 2.24) is 25.0 Å². The Labute approximate surface area is 240 Å². The quantitative estimate of drug-likeness (QED) is 0.452. The summed E-state index contributed by atoms with van der Waals surface area (Å²) in [5, 5.41) is 4.54. The number of hydrogen-bond donors (Lipinski definition) is 1. The van der Waals surface area contributed by atoms with E-state index < -0.39 is 0 Å². The van der Waals surface area contributed by atoms with E-state index >= 15 is 0 Å². The molecule has 0 spiro atoms. The largest absolute Gasteiger partial charge is 0.340 e. The third-order valence-electron chi connectivity index (χ3n) is 9.48. The van der Waals surface area contributed by atoms with Crippen molar-refractivity contribution in [2.75, 3.05) is 52.4 Å². The third kappa shape index (κ3) is 6.84. The number of benzene rings is 1. The number of nitrogens with zero attached hydrogens (tertiary/aromatic N) is 4. The number of carbonyl (C=O) groups is 1. The second-order valence-corrected chi connectivity index (χ2v) is 12.6. The number of pyridine rings is 1. The van der Waals surface area contributed by atoms with Crippen LogP contribution in [0.3, 0.4) is 0 Å². The topological polar surface area (TPSA) is 51.7 Å². The molecule has 2 saturated heterocycles. The Bertz CT molecular complexity index is 1050. The van der Waals surface area contributed by atoms with E-state index in [1.807, 2.05) is 24.4 Å². The number of piperazine rings is 1. The molecule has 0 bridgehead atoms. The fraction of sp³-hybridized carbons (Fsp3) is 0.625. The van der Waals surface area contributed by atoms with E-state index in [0.717, 1.165) is 69.5 Å². The molecule has 1 aromatic carbocycles. The van der Waals surface area contributed by atoms with Crippen molar-refractivity contribution in [2.45, 2.75) is 69.9 Å². The normalized spacial score (nSPS) is 24.4. The van der Waals surface area contributed by atoms with Gasteiger partial charge in [-0.1, -0.05) is 49.1 Å². The zero-order valence-corrected chi connectivity index (χ0v) is 24.6. The van der Waals surface area contributed by atoms with Crippen molar-refractivity contribution < 1.29 is 4.79 Å². The molecular formula is C32H46ClN5O. The summed E-state index contributed by atoms with van der Waals surface area (Å²) in [6, 6.07) is 14.7. The van der Waals surface area contributed by atoms with Gasteiger partial charge in [-0.3, -0.25) is 19.6 Å². The summed E-state index contributed by atoms with van der Waals surface area (Å²) in [4.78, 5) is 25.8. The number of halogens is 1. The fourth-order valence-electron chi connectivity index (χ4n) is 7.09. The summed E-state index contributed by atoms with van der Waals surface area (Å²) in [5.74, 6) is 0.573. The first-order valence-electron chi connectivity index (χ1n) is 15.1. The highest BCUT2D eigenvalue weighted by molar-refractivity contribution is 6.30. The summed E-state index contributed by atoms with van der Waals surface area (Å²) >= 11 is 6.18. The van der Waals surface area contributed by atoms with Gasteiger partial charge in [0.1, 0.15) is 0 Å². The Kier molecular flexibility index (Phi) is 9.60. The highest BCUT2D eigenvalue weighted by Gasteiger charge is 2.43. The van der Waals surface area contributed by atoms with Crippen LogP contribution >= 0.6 is 11.6 Å². The Balaban J connectivity index is 1.20. The second kappa shape index (κ2) is 13.1. The monoisotopic (exact) mass is 551 g/mol. The average molecular weight is 552 g/mol. The number of aromatic nitrogens is 1. The fourth-order valence-corrected chi connectivity index (χ4v) is 7.21. The standard InChI is InChI=1S/C32H46ClN5O/c1-25(2)37-22-29(26-9-11-27(33)12-10-26)30(23-37)31(39)36-18-20-38(21-19-36)32(14-5-3-6-15-32)24-34-17-13-28-8-4-7-16-35-28/h4,7-12,16,25,29-30,34H,3,5-6,13-15,17-24H2,1-2H3/t29-,30+/m1/s1. The molecule has 1 saturated carbocycles. The average Bonchev–Trinajstić information content (AvgIpc) is 3.43. The van der Waals surface area contributed by atoms with E-state index in [1.165, 1.54) is 37.7 Å². The number of likely N-dealkylation sites (tertiary alicyclic amines) is 1. The van der Waals surface area contributed by atoms with Crippen LogP contribution in [-0.2, 0) is 11.2 Å². The molecule has 3 aliphatic rings. The number of rotatable bonds is 9. The molecule has 1 N–H and O–H groups in total. The molecule has 1 amide bonds. The van der Waals surface area contributed by atoms with Crippen LogP contribution in [-0.4, -0.2) is 89.5 Å². The lowest BCUT2D eigenvalue weighted by Crippen LogP contribution is -2.62. The van der Waals surface area contributed by atoms with Gasteiger partial charge in [-0.2, -0.15) is 0 Å². The molecule has 0 radical (unpaired) electrons. The van der Waals surface area contributed by atoms with Gasteiger partial charge in [0.25, 0.3) is 0 Å². The Morgan fingerprint density at radius 2 is 1.77 bits per heavy atom. The van der Waals surface area contributed by atoms with Gasteiger partial charge < -0.3 is 10.2 Å². The zero-order chi connectivity index (χ0) is 27.2. The number of carbonyl (C=O) groups excluding carboxylic acids is 1. The Morgan fingerprint density at radius 1 is 1.03 bits per heavy atom. The van der Waals surface area contributed by atoms with E-state index in [4.69, 9.17) is 11.6 Å². The molecule has 3 fully saturated rings. The molecule has 212 valence electrons. The summed E-state index contributed by atoms with van der Waals surface area (Å²) in [5.41, 5.74) is 2.60. The van der Waals surface area contributed by atoms with Crippen molar-refractivity contribution in [3.8, 4) is 0 Å². The third-order valence-corrected chi connectivity index (χ3v) is 9.73. The van der Waals surface area contributed by atoms with Gasteiger partial charge in [0.05, 0.1) is 5.92 Å².